The van der Waals surface area contributed by atoms with Gasteiger partial charge in [-0.05, 0) is 40.6 Å². The number of halogens is 1. The van der Waals surface area contributed by atoms with Gasteiger partial charge in [0, 0.05) is 20.2 Å². The summed E-state index contributed by atoms with van der Waals surface area (Å²) in [7, 11) is 1.86. The van der Waals surface area contributed by atoms with Gasteiger partial charge in [-0.2, -0.15) is 5.10 Å². The lowest BCUT2D eigenvalue weighted by molar-refractivity contribution is 0.253. The molecule has 0 atom stereocenters. The van der Waals surface area contributed by atoms with E-state index in [9.17, 15) is 0 Å². The Hall–Kier alpha value is -1.21. The molecular weight excluding hydrogens is 310 g/mol. The summed E-state index contributed by atoms with van der Waals surface area (Å²) in [5, 5.41) is 17.7. The van der Waals surface area contributed by atoms with Gasteiger partial charge in [0.2, 0.25) is 0 Å². The highest BCUT2D eigenvalue weighted by atomic mass is 79.9. The van der Waals surface area contributed by atoms with Crippen LogP contribution >= 0.6 is 15.9 Å². The van der Waals surface area contributed by atoms with Crippen LogP contribution < -0.4 is 5.32 Å². The van der Waals surface area contributed by atoms with Crippen LogP contribution in [0.4, 0.5) is 5.82 Å². The van der Waals surface area contributed by atoms with Crippen LogP contribution in [0.3, 0.4) is 0 Å². The van der Waals surface area contributed by atoms with Crippen molar-refractivity contribution in [2.75, 3.05) is 18.5 Å². The van der Waals surface area contributed by atoms with E-state index in [0.29, 0.717) is 0 Å². The van der Waals surface area contributed by atoms with E-state index in [0.717, 1.165) is 34.4 Å². The predicted octanol–water partition coefficient (Wildman–Crippen LogP) is 1.70. The van der Waals surface area contributed by atoms with Crippen molar-refractivity contribution in [3.63, 3.8) is 0 Å². The number of hydrogen-bond acceptors (Lipinski definition) is 5. The van der Waals surface area contributed by atoms with Gasteiger partial charge >= 0.3 is 0 Å². The van der Waals surface area contributed by atoms with E-state index in [1.807, 2.05) is 7.05 Å². The summed E-state index contributed by atoms with van der Waals surface area (Å²) in [6, 6.07) is 0. The summed E-state index contributed by atoms with van der Waals surface area (Å²) in [5.41, 5.74) is 1.05. The fourth-order valence-electron chi connectivity index (χ4n) is 2.38. The minimum Gasteiger partial charge on any atom is -0.396 e. The number of rotatable bonds is 5. The summed E-state index contributed by atoms with van der Waals surface area (Å²) < 4.78 is 2.48. The first-order chi connectivity index (χ1) is 9.15. The van der Waals surface area contributed by atoms with Crippen molar-refractivity contribution in [3.8, 4) is 0 Å². The van der Waals surface area contributed by atoms with Crippen molar-refractivity contribution in [2.45, 2.75) is 19.3 Å². The molecule has 2 aromatic heterocycles. The lowest BCUT2D eigenvalue weighted by atomic mass is 10.0. The van der Waals surface area contributed by atoms with Gasteiger partial charge < -0.3 is 10.4 Å². The van der Waals surface area contributed by atoms with Gasteiger partial charge in [0.25, 0.3) is 0 Å². The summed E-state index contributed by atoms with van der Waals surface area (Å²) in [5.74, 6) is 0.800. The molecule has 19 heavy (non-hydrogen) atoms. The number of aliphatic hydroxyl groups is 1. The molecule has 0 amide bonds. The zero-order chi connectivity index (χ0) is 13.5. The summed E-state index contributed by atoms with van der Waals surface area (Å²) >= 11 is 3.44. The van der Waals surface area contributed by atoms with Crippen molar-refractivity contribution in [2.24, 2.45) is 12.5 Å². The summed E-state index contributed by atoms with van der Waals surface area (Å²) in [6.07, 6.45) is 4.73. The molecule has 2 aromatic rings. The average molecular weight is 326 g/mol. The molecule has 2 N–H and O–H groups in total. The summed E-state index contributed by atoms with van der Waals surface area (Å²) in [4.78, 5) is 8.54. The number of nitrogens with zero attached hydrogens (tertiary/aromatic N) is 4. The van der Waals surface area contributed by atoms with E-state index in [-0.39, 0.29) is 12.0 Å². The minimum absolute atomic E-state index is 0.247. The van der Waals surface area contributed by atoms with Gasteiger partial charge in [0.1, 0.15) is 16.7 Å². The van der Waals surface area contributed by atoms with Crippen LogP contribution in [0.5, 0.6) is 0 Å². The molecule has 1 aliphatic carbocycles. The molecule has 1 saturated carbocycles. The molecule has 1 fully saturated rings. The minimum atomic E-state index is 0.247. The van der Waals surface area contributed by atoms with Crippen molar-refractivity contribution in [1.82, 2.24) is 19.7 Å². The van der Waals surface area contributed by atoms with Crippen LogP contribution in [0.15, 0.2) is 10.9 Å². The normalized spacial score (nSPS) is 16.8. The highest BCUT2D eigenvalue weighted by molar-refractivity contribution is 9.10. The number of aromatic nitrogens is 4. The van der Waals surface area contributed by atoms with Gasteiger partial charge in [0.15, 0.2) is 5.65 Å². The molecule has 6 nitrogen and oxygen atoms in total. The van der Waals surface area contributed by atoms with Crippen molar-refractivity contribution >= 4 is 32.8 Å². The molecule has 0 radical (unpaired) electrons. The first kappa shape index (κ1) is 12.8. The molecule has 3 rings (SSSR count). The largest absolute Gasteiger partial charge is 0.396 e. The first-order valence-corrected chi connectivity index (χ1v) is 7.12. The summed E-state index contributed by atoms with van der Waals surface area (Å²) in [6.45, 7) is 1.08. The van der Waals surface area contributed by atoms with Crippen molar-refractivity contribution in [3.05, 3.63) is 10.9 Å². The Labute approximate surface area is 119 Å². The van der Waals surface area contributed by atoms with Crippen LogP contribution in [0.2, 0.25) is 0 Å². The number of fused-ring (bicyclic) bond motifs is 1. The Morgan fingerprint density at radius 1 is 1.47 bits per heavy atom. The maximum Gasteiger partial charge on any atom is 0.164 e. The van der Waals surface area contributed by atoms with E-state index in [2.05, 4.69) is 36.3 Å². The zero-order valence-electron chi connectivity index (χ0n) is 10.7. The molecular formula is C12H16BrN5O. The standard InChI is InChI=1S/C12H16BrN5O/c1-18-11-8(9(13)17-18)10(15-7-16-11)14-6-12(2-3-12)4-5-19/h7,19H,2-6H2,1H3,(H,14,15,16). The van der Waals surface area contributed by atoms with Crippen LogP contribution in [0.25, 0.3) is 11.0 Å². The van der Waals surface area contributed by atoms with E-state index in [1.165, 1.54) is 12.8 Å². The molecule has 2 heterocycles. The average Bonchev–Trinajstić information content (AvgIpc) is 3.10. The topological polar surface area (TPSA) is 75.9 Å². The van der Waals surface area contributed by atoms with Gasteiger partial charge in [0.05, 0.1) is 5.39 Å². The van der Waals surface area contributed by atoms with E-state index in [4.69, 9.17) is 5.11 Å². The molecule has 7 heteroatoms. The van der Waals surface area contributed by atoms with Gasteiger partial charge in [-0.15, -0.1) is 0 Å². The third-order valence-electron chi connectivity index (χ3n) is 3.81. The second kappa shape index (κ2) is 4.72. The predicted molar refractivity (Wildman–Crippen MR) is 75.9 cm³/mol. The number of nitrogens with one attached hydrogen (secondary N) is 1. The highest BCUT2D eigenvalue weighted by Crippen LogP contribution is 2.48. The Bertz CT molecular complexity index is 607. The third kappa shape index (κ3) is 2.32. The second-order valence-corrected chi connectivity index (χ2v) is 5.91. The smallest absolute Gasteiger partial charge is 0.164 e. The van der Waals surface area contributed by atoms with Crippen LogP contribution in [-0.2, 0) is 7.05 Å². The Balaban J connectivity index is 1.85. The lowest BCUT2D eigenvalue weighted by Crippen LogP contribution is -2.17. The van der Waals surface area contributed by atoms with E-state index >= 15 is 0 Å². The first-order valence-electron chi connectivity index (χ1n) is 6.33. The Morgan fingerprint density at radius 3 is 2.95 bits per heavy atom. The van der Waals surface area contributed by atoms with Crippen molar-refractivity contribution in [1.29, 1.82) is 0 Å². The number of aliphatic hydroxyl groups excluding tert-OH is 1. The van der Waals surface area contributed by atoms with Crippen molar-refractivity contribution < 1.29 is 5.11 Å². The molecule has 102 valence electrons. The van der Waals surface area contributed by atoms with Gasteiger partial charge in [-0.3, -0.25) is 0 Å². The molecule has 0 spiro atoms. The quantitative estimate of drug-likeness (QED) is 0.875. The monoisotopic (exact) mass is 325 g/mol. The molecule has 0 aliphatic heterocycles. The van der Waals surface area contributed by atoms with E-state index in [1.54, 1.807) is 11.0 Å². The SMILES string of the molecule is Cn1nc(Br)c2c(NCC3(CCO)CC3)ncnc21. The third-order valence-corrected chi connectivity index (χ3v) is 4.36. The number of hydrogen-bond donors (Lipinski definition) is 2. The molecule has 0 bridgehead atoms. The van der Waals surface area contributed by atoms with Crippen LogP contribution in [0, 0.1) is 5.41 Å². The van der Waals surface area contributed by atoms with Gasteiger partial charge in [-0.25, -0.2) is 14.6 Å². The molecule has 1 aliphatic rings. The zero-order valence-corrected chi connectivity index (χ0v) is 12.3. The van der Waals surface area contributed by atoms with Crippen LogP contribution in [0.1, 0.15) is 19.3 Å². The van der Waals surface area contributed by atoms with Gasteiger partial charge in [-0.1, -0.05) is 0 Å². The highest BCUT2D eigenvalue weighted by Gasteiger charge is 2.41. The lowest BCUT2D eigenvalue weighted by Gasteiger charge is -2.15. The number of aryl methyl sites for hydroxylation is 1. The van der Waals surface area contributed by atoms with Crippen LogP contribution in [-0.4, -0.2) is 38.0 Å². The van der Waals surface area contributed by atoms with E-state index < -0.39 is 0 Å². The Morgan fingerprint density at radius 2 is 2.26 bits per heavy atom. The molecule has 0 unspecified atom stereocenters. The fraction of sp³-hybridized carbons (Fsp3) is 0.583. The molecule has 0 aromatic carbocycles. The fourth-order valence-corrected chi connectivity index (χ4v) is 2.98. The second-order valence-electron chi connectivity index (χ2n) is 5.16. The number of anilines is 1. The maximum absolute atomic E-state index is 9.08. The Kier molecular flexibility index (Phi) is 3.18. The molecule has 0 saturated heterocycles. The maximum atomic E-state index is 9.08.